The van der Waals surface area contributed by atoms with Gasteiger partial charge < -0.3 is 9.73 Å². The molecule has 1 heterocycles. The quantitative estimate of drug-likeness (QED) is 0.746. The number of hydrogen-bond donors (Lipinski definition) is 1. The van der Waals surface area contributed by atoms with Crippen LogP contribution < -0.4 is 5.32 Å². The fourth-order valence-corrected chi connectivity index (χ4v) is 1.29. The van der Waals surface area contributed by atoms with Crippen molar-refractivity contribution in [2.24, 2.45) is 0 Å². The van der Waals surface area contributed by atoms with Crippen LogP contribution in [0.3, 0.4) is 0 Å². The van der Waals surface area contributed by atoms with Gasteiger partial charge in [-0.25, -0.2) is 0 Å². The van der Waals surface area contributed by atoms with Crippen LogP contribution in [-0.2, 0) is 0 Å². The molecule has 2 nitrogen and oxygen atoms in total. The van der Waals surface area contributed by atoms with Crippen LogP contribution in [0, 0.1) is 0 Å². The molecule has 0 radical (unpaired) electrons. The van der Waals surface area contributed by atoms with E-state index in [4.69, 9.17) is 4.42 Å². The zero-order chi connectivity index (χ0) is 8.97. The molecule has 0 amide bonds. The largest absolute Gasteiger partial charge is 0.468 e. The Labute approximate surface area is 74.0 Å². The molecule has 0 aliphatic rings. The molecule has 0 aliphatic carbocycles. The Balaban J connectivity index is 2.57. The van der Waals surface area contributed by atoms with Crippen LogP contribution in [0.2, 0.25) is 0 Å². The summed E-state index contributed by atoms with van der Waals surface area (Å²) in [5, 5.41) is 3.44. The van der Waals surface area contributed by atoms with Crippen LogP contribution in [-0.4, -0.2) is 6.04 Å². The summed E-state index contributed by atoms with van der Waals surface area (Å²) in [6.07, 6.45) is 2.78. The second-order valence-electron chi connectivity index (χ2n) is 3.30. The minimum Gasteiger partial charge on any atom is -0.468 e. The lowest BCUT2D eigenvalue weighted by molar-refractivity contribution is 0.382. The molecule has 0 saturated heterocycles. The summed E-state index contributed by atoms with van der Waals surface area (Å²) in [7, 11) is 0. The monoisotopic (exact) mass is 167 g/mol. The van der Waals surface area contributed by atoms with Crippen LogP contribution in [0.15, 0.2) is 22.8 Å². The highest BCUT2D eigenvalue weighted by atomic mass is 16.3. The molecule has 1 N–H and O–H groups in total. The van der Waals surface area contributed by atoms with Gasteiger partial charge in [0.05, 0.1) is 12.3 Å². The van der Waals surface area contributed by atoms with Gasteiger partial charge in [0, 0.05) is 6.04 Å². The Bertz CT molecular complexity index is 204. The van der Waals surface area contributed by atoms with Gasteiger partial charge in [0.25, 0.3) is 0 Å². The number of hydrogen-bond acceptors (Lipinski definition) is 2. The molecule has 0 aliphatic heterocycles. The topological polar surface area (TPSA) is 25.2 Å². The van der Waals surface area contributed by atoms with E-state index in [1.807, 2.05) is 12.1 Å². The van der Waals surface area contributed by atoms with E-state index in [0.717, 1.165) is 12.2 Å². The van der Waals surface area contributed by atoms with Gasteiger partial charge in [0.1, 0.15) is 5.76 Å². The van der Waals surface area contributed by atoms with Gasteiger partial charge in [-0.2, -0.15) is 0 Å². The fourth-order valence-electron chi connectivity index (χ4n) is 1.29. The van der Waals surface area contributed by atoms with E-state index in [1.54, 1.807) is 6.26 Å². The zero-order valence-electron chi connectivity index (χ0n) is 8.00. The number of nitrogens with one attached hydrogen (secondary N) is 1. The summed E-state index contributed by atoms with van der Waals surface area (Å²) in [5.41, 5.74) is 0. The van der Waals surface area contributed by atoms with Crippen LogP contribution in [0.1, 0.15) is 39.0 Å². The summed E-state index contributed by atoms with van der Waals surface area (Å²) in [6.45, 7) is 6.44. The van der Waals surface area contributed by atoms with Gasteiger partial charge in [0.15, 0.2) is 0 Å². The van der Waals surface area contributed by atoms with Gasteiger partial charge in [-0.05, 0) is 18.6 Å². The zero-order valence-corrected chi connectivity index (χ0v) is 8.00. The maximum absolute atomic E-state index is 5.32. The maximum atomic E-state index is 5.32. The Morgan fingerprint density at radius 3 is 2.67 bits per heavy atom. The summed E-state index contributed by atoms with van der Waals surface area (Å²) in [6, 6.07) is 4.81. The SMILES string of the molecule is CCC(NC(C)C)c1ccco1. The van der Waals surface area contributed by atoms with Crippen LogP contribution >= 0.6 is 0 Å². The Morgan fingerprint density at radius 2 is 2.25 bits per heavy atom. The van der Waals surface area contributed by atoms with E-state index in [1.165, 1.54) is 0 Å². The summed E-state index contributed by atoms with van der Waals surface area (Å²) in [5.74, 6) is 1.03. The van der Waals surface area contributed by atoms with Crippen molar-refractivity contribution in [3.05, 3.63) is 24.2 Å². The van der Waals surface area contributed by atoms with E-state index < -0.39 is 0 Å². The molecule has 2 heteroatoms. The van der Waals surface area contributed by atoms with Crippen molar-refractivity contribution in [2.75, 3.05) is 0 Å². The highest BCUT2D eigenvalue weighted by Crippen LogP contribution is 2.16. The predicted molar refractivity (Wildman–Crippen MR) is 50.0 cm³/mol. The van der Waals surface area contributed by atoms with Crippen LogP contribution in [0.4, 0.5) is 0 Å². The van der Waals surface area contributed by atoms with Crippen molar-refractivity contribution in [1.29, 1.82) is 0 Å². The molecular weight excluding hydrogens is 150 g/mol. The van der Waals surface area contributed by atoms with Crippen molar-refractivity contribution in [3.8, 4) is 0 Å². The lowest BCUT2D eigenvalue weighted by atomic mass is 10.1. The minimum atomic E-state index is 0.361. The summed E-state index contributed by atoms with van der Waals surface area (Å²) >= 11 is 0. The van der Waals surface area contributed by atoms with Gasteiger partial charge in [-0.15, -0.1) is 0 Å². The molecule has 1 atom stereocenters. The second-order valence-corrected chi connectivity index (χ2v) is 3.30. The normalized spacial score (nSPS) is 13.7. The average Bonchev–Trinajstić information content (AvgIpc) is 2.51. The first kappa shape index (κ1) is 9.33. The van der Waals surface area contributed by atoms with Crippen LogP contribution in [0.25, 0.3) is 0 Å². The molecular formula is C10H17NO. The second kappa shape index (κ2) is 4.31. The third-order valence-electron chi connectivity index (χ3n) is 1.83. The first-order chi connectivity index (χ1) is 5.74. The molecule has 0 saturated carbocycles. The first-order valence-corrected chi connectivity index (χ1v) is 4.53. The molecule has 1 rings (SSSR count). The molecule has 12 heavy (non-hydrogen) atoms. The Kier molecular flexibility index (Phi) is 3.35. The Hall–Kier alpha value is -0.760. The van der Waals surface area contributed by atoms with E-state index in [0.29, 0.717) is 12.1 Å². The molecule has 0 aromatic carbocycles. The molecule has 1 unspecified atom stereocenters. The molecule has 68 valence electrons. The number of rotatable bonds is 4. The third kappa shape index (κ3) is 2.38. The lowest BCUT2D eigenvalue weighted by Gasteiger charge is -2.17. The van der Waals surface area contributed by atoms with E-state index in [-0.39, 0.29) is 0 Å². The standard InChI is InChI=1S/C10H17NO/c1-4-9(11-8(2)3)10-6-5-7-12-10/h5-9,11H,4H2,1-3H3. The van der Waals surface area contributed by atoms with Gasteiger partial charge in [-0.3, -0.25) is 0 Å². The molecule has 0 spiro atoms. The lowest BCUT2D eigenvalue weighted by Crippen LogP contribution is -2.27. The van der Waals surface area contributed by atoms with Crippen LogP contribution in [0.5, 0.6) is 0 Å². The average molecular weight is 167 g/mol. The molecule has 0 bridgehead atoms. The summed E-state index contributed by atoms with van der Waals surface area (Å²) < 4.78 is 5.32. The van der Waals surface area contributed by atoms with Gasteiger partial charge in [-0.1, -0.05) is 20.8 Å². The van der Waals surface area contributed by atoms with Crippen molar-refractivity contribution in [2.45, 2.75) is 39.3 Å². The minimum absolute atomic E-state index is 0.361. The van der Waals surface area contributed by atoms with E-state index in [9.17, 15) is 0 Å². The maximum Gasteiger partial charge on any atom is 0.120 e. The van der Waals surface area contributed by atoms with Gasteiger partial charge in [0.2, 0.25) is 0 Å². The predicted octanol–water partition coefficient (Wildman–Crippen LogP) is 2.73. The van der Waals surface area contributed by atoms with Crippen molar-refractivity contribution in [1.82, 2.24) is 5.32 Å². The number of furan rings is 1. The molecule has 1 aromatic rings. The fraction of sp³-hybridized carbons (Fsp3) is 0.600. The Morgan fingerprint density at radius 1 is 1.50 bits per heavy atom. The highest BCUT2D eigenvalue weighted by molar-refractivity contribution is 5.04. The molecule has 0 fully saturated rings. The van der Waals surface area contributed by atoms with Gasteiger partial charge >= 0.3 is 0 Å². The first-order valence-electron chi connectivity index (χ1n) is 4.53. The third-order valence-corrected chi connectivity index (χ3v) is 1.83. The van der Waals surface area contributed by atoms with Crippen molar-refractivity contribution < 1.29 is 4.42 Å². The summed E-state index contributed by atoms with van der Waals surface area (Å²) in [4.78, 5) is 0. The smallest absolute Gasteiger partial charge is 0.120 e. The van der Waals surface area contributed by atoms with E-state index >= 15 is 0 Å². The van der Waals surface area contributed by atoms with Crippen molar-refractivity contribution in [3.63, 3.8) is 0 Å². The molecule has 1 aromatic heterocycles. The van der Waals surface area contributed by atoms with Crippen molar-refractivity contribution >= 4 is 0 Å². The van der Waals surface area contributed by atoms with E-state index in [2.05, 4.69) is 26.1 Å². The highest BCUT2D eigenvalue weighted by Gasteiger charge is 2.11.